The number of aromatic nitrogens is 3. The molecule has 6 nitrogen and oxygen atoms in total. The van der Waals surface area contributed by atoms with E-state index in [0.717, 1.165) is 5.69 Å². The summed E-state index contributed by atoms with van der Waals surface area (Å²) in [7, 11) is 0. The molecule has 0 saturated heterocycles. The van der Waals surface area contributed by atoms with Gasteiger partial charge in [-0.1, -0.05) is 0 Å². The maximum Gasteiger partial charge on any atom is 0.355 e. The van der Waals surface area contributed by atoms with Gasteiger partial charge in [-0.2, -0.15) is 0 Å². The fourth-order valence-corrected chi connectivity index (χ4v) is 2.16. The minimum absolute atomic E-state index is 0.0637. The summed E-state index contributed by atoms with van der Waals surface area (Å²) in [6.45, 7) is 3.76. The summed E-state index contributed by atoms with van der Waals surface area (Å²) in [5.74, 6) is -0.508. The zero-order chi connectivity index (χ0) is 13.1. The van der Waals surface area contributed by atoms with Crippen molar-refractivity contribution in [1.29, 1.82) is 0 Å². The van der Waals surface area contributed by atoms with Crippen LogP contribution in [0.5, 0.6) is 0 Å². The van der Waals surface area contributed by atoms with Gasteiger partial charge < -0.3 is 10.4 Å². The number of carbonyl (C=O) groups is 1. The third kappa shape index (κ3) is 2.80. The molecule has 1 unspecified atom stereocenters. The van der Waals surface area contributed by atoms with Crippen molar-refractivity contribution < 1.29 is 9.90 Å². The lowest BCUT2D eigenvalue weighted by Gasteiger charge is -2.10. The van der Waals surface area contributed by atoms with Gasteiger partial charge in [-0.25, -0.2) is 19.7 Å². The number of aryl methyl sites for hydroxylation is 1. The van der Waals surface area contributed by atoms with E-state index in [-0.39, 0.29) is 11.7 Å². The molecule has 2 aromatic rings. The Balaban J connectivity index is 2.11. The monoisotopic (exact) mass is 264 g/mol. The maximum absolute atomic E-state index is 10.7. The van der Waals surface area contributed by atoms with Crippen LogP contribution in [0.1, 0.15) is 34.2 Å². The van der Waals surface area contributed by atoms with Gasteiger partial charge in [-0.3, -0.25) is 0 Å². The van der Waals surface area contributed by atoms with Gasteiger partial charge in [0.25, 0.3) is 0 Å². The molecule has 0 aliphatic heterocycles. The number of aromatic carboxylic acids is 1. The molecule has 2 aromatic heterocycles. The molecule has 2 rings (SSSR count). The van der Waals surface area contributed by atoms with E-state index >= 15 is 0 Å². The van der Waals surface area contributed by atoms with E-state index in [4.69, 9.17) is 5.11 Å². The smallest absolute Gasteiger partial charge is 0.355 e. The highest BCUT2D eigenvalue weighted by Crippen LogP contribution is 2.20. The highest BCUT2D eigenvalue weighted by molar-refractivity contribution is 7.09. The molecule has 0 aliphatic carbocycles. The maximum atomic E-state index is 10.7. The van der Waals surface area contributed by atoms with Crippen molar-refractivity contribution in [3.8, 4) is 0 Å². The van der Waals surface area contributed by atoms with Crippen LogP contribution in [0.4, 0.5) is 5.95 Å². The Morgan fingerprint density at radius 3 is 2.89 bits per heavy atom. The summed E-state index contributed by atoms with van der Waals surface area (Å²) in [4.78, 5) is 23.1. The molecular formula is C11H12N4O2S. The number of thiazole rings is 1. The quantitative estimate of drug-likeness (QED) is 0.879. The van der Waals surface area contributed by atoms with Gasteiger partial charge in [0.2, 0.25) is 5.95 Å². The first-order chi connectivity index (χ1) is 8.56. The molecule has 18 heavy (non-hydrogen) atoms. The average molecular weight is 264 g/mol. The second kappa shape index (κ2) is 5.09. The molecule has 0 aliphatic rings. The van der Waals surface area contributed by atoms with Gasteiger partial charge in [0.15, 0.2) is 5.69 Å². The van der Waals surface area contributed by atoms with Crippen LogP contribution in [0.25, 0.3) is 0 Å². The van der Waals surface area contributed by atoms with Crippen LogP contribution in [0.3, 0.4) is 0 Å². The number of rotatable bonds is 4. The number of carboxylic acids is 1. The molecule has 0 spiro atoms. The molecule has 1 atom stereocenters. The molecule has 0 bridgehead atoms. The Bertz CT molecular complexity index is 570. The van der Waals surface area contributed by atoms with Crippen molar-refractivity contribution >= 4 is 23.3 Å². The van der Waals surface area contributed by atoms with E-state index in [1.165, 1.54) is 16.7 Å². The van der Waals surface area contributed by atoms with Crippen LogP contribution in [0, 0.1) is 6.92 Å². The summed E-state index contributed by atoms with van der Waals surface area (Å²) >= 11 is 1.30. The molecule has 0 fully saturated rings. The number of hydrogen-bond acceptors (Lipinski definition) is 6. The van der Waals surface area contributed by atoms with Gasteiger partial charge in [0.05, 0.1) is 6.04 Å². The largest absolute Gasteiger partial charge is 0.476 e. The Morgan fingerprint density at radius 1 is 1.50 bits per heavy atom. The SMILES string of the molecule is Cc1ccnc(NC(C)c2nc(C(=O)O)cs2)n1. The van der Waals surface area contributed by atoms with E-state index in [0.29, 0.717) is 11.0 Å². The second-order valence-corrected chi connectivity index (χ2v) is 4.65. The van der Waals surface area contributed by atoms with Gasteiger partial charge >= 0.3 is 5.97 Å². The first-order valence-corrected chi connectivity index (χ1v) is 6.19. The second-order valence-electron chi connectivity index (χ2n) is 3.76. The van der Waals surface area contributed by atoms with Crippen molar-refractivity contribution in [3.63, 3.8) is 0 Å². The third-order valence-corrected chi connectivity index (χ3v) is 3.28. The summed E-state index contributed by atoms with van der Waals surface area (Å²) in [6.07, 6.45) is 1.67. The fraction of sp³-hybridized carbons (Fsp3) is 0.273. The fourth-order valence-electron chi connectivity index (χ4n) is 1.36. The van der Waals surface area contributed by atoms with Gasteiger partial charge in [0, 0.05) is 17.3 Å². The minimum Gasteiger partial charge on any atom is -0.476 e. The van der Waals surface area contributed by atoms with Crippen LogP contribution >= 0.6 is 11.3 Å². The van der Waals surface area contributed by atoms with E-state index in [9.17, 15) is 4.79 Å². The minimum atomic E-state index is -1.02. The Kier molecular flexibility index (Phi) is 3.52. The topological polar surface area (TPSA) is 88.0 Å². The summed E-state index contributed by atoms with van der Waals surface area (Å²) in [5, 5.41) is 14.1. The van der Waals surface area contributed by atoms with Crippen LogP contribution < -0.4 is 5.32 Å². The zero-order valence-corrected chi connectivity index (χ0v) is 10.7. The molecule has 94 valence electrons. The molecule has 2 N–H and O–H groups in total. The molecular weight excluding hydrogens is 252 g/mol. The number of hydrogen-bond donors (Lipinski definition) is 2. The Hall–Kier alpha value is -2.02. The molecule has 2 heterocycles. The highest BCUT2D eigenvalue weighted by atomic mass is 32.1. The van der Waals surface area contributed by atoms with Gasteiger partial charge in [-0.15, -0.1) is 11.3 Å². The highest BCUT2D eigenvalue weighted by Gasteiger charge is 2.14. The molecule has 0 saturated carbocycles. The number of anilines is 1. The number of nitrogens with zero attached hydrogens (tertiary/aromatic N) is 3. The Morgan fingerprint density at radius 2 is 2.28 bits per heavy atom. The molecule has 7 heteroatoms. The molecule has 0 aromatic carbocycles. The predicted octanol–water partition coefficient (Wildman–Crippen LogP) is 2.11. The summed E-state index contributed by atoms with van der Waals surface area (Å²) in [6, 6.07) is 1.67. The summed E-state index contributed by atoms with van der Waals surface area (Å²) < 4.78 is 0. The lowest BCUT2D eigenvalue weighted by Crippen LogP contribution is -2.10. The summed E-state index contributed by atoms with van der Waals surface area (Å²) in [5.41, 5.74) is 0.930. The molecule has 0 radical (unpaired) electrons. The first-order valence-electron chi connectivity index (χ1n) is 5.31. The standard InChI is InChI=1S/C11H12N4O2S/c1-6-3-4-12-11(13-6)14-7(2)9-15-8(5-18-9)10(16)17/h3-5,7H,1-2H3,(H,16,17)(H,12,13,14). The van der Waals surface area contributed by atoms with E-state index in [2.05, 4.69) is 20.3 Å². The molecule has 0 amide bonds. The normalized spacial score (nSPS) is 12.1. The third-order valence-electron chi connectivity index (χ3n) is 2.25. The number of carboxylic acid groups (broad SMARTS) is 1. The zero-order valence-electron chi connectivity index (χ0n) is 9.91. The Labute approximate surface area is 108 Å². The van der Waals surface area contributed by atoms with E-state index < -0.39 is 5.97 Å². The van der Waals surface area contributed by atoms with Crippen molar-refractivity contribution in [2.45, 2.75) is 19.9 Å². The lowest BCUT2D eigenvalue weighted by atomic mass is 10.3. The van der Waals surface area contributed by atoms with E-state index in [1.54, 1.807) is 6.20 Å². The van der Waals surface area contributed by atoms with Crippen LogP contribution in [0.2, 0.25) is 0 Å². The predicted molar refractivity (Wildman–Crippen MR) is 67.9 cm³/mol. The average Bonchev–Trinajstić information content (AvgIpc) is 2.78. The van der Waals surface area contributed by atoms with Crippen LogP contribution in [-0.4, -0.2) is 26.0 Å². The van der Waals surface area contributed by atoms with Crippen LogP contribution in [-0.2, 0) is 0 Å². The van der Waals surface area contributed by atoms with Crippen LogP contribution in [0.15, 0.2) is 17.6 Å². The van der Waals surface area contributed by atoms with Crippen molar-refractivity contribution in [3.05, 3.63) is 34.0 Å². The van der Waals surface area contributed by atoms with Crippen molar-refractivity contribution in [2.75, 3.05) is 5.32 Å². The first kappa shape index (κ1) is 12.4. The number of nitrogens with one attached hydrogen (secondary N) is 1. The van der Waals surface area contributed by atoms with Gasteiger partial charge in [0.1, 0.15) is 5.01 Å². The van der Waals surface area contributed by atoms with Crippen molar-refractivity contribution in [2.24, 2.45) is 0 Å². The lowest BCUT2D eigenvalue weighted by molar-refractivity contribution is 0.0691. The van der Waals surface area contributed by atoms with Gasteiger partial charge in [-0.05, 0) is 19.9 Å². The van der Waals surface area contributed by atoms with E-state index in [1.807, 2.05) is 19.9 Å². The van der Waals surface area contributed by atoms with Crippen molar-refractivity contribution in [1.82, 2.24) is 15.0 Å².